The van der Waals surface area contributed by atoms with Crippen LogP contribution in [0, 0.1) is 0 Å². The predicted molar refractivity (Wildman–Crippen MR) is 118 cm³/mol. The second kappa shape index (κ2) is 12.1. The van der Waals surface area contributed by atoms with E-state index in [1.165, 1.54) is 36.3 Å². The molecular formula is C26H33N. The van der Waals surface area contributed by atoms with E-state index in [0.29, 0.717) is 5.92 Å². The fourth-order valence-electron chi connectivity index (χ4n) is 3.32. The van der Waals surface area contributed by atoms with Gasteiger partial charge in [-0.25, -0.2) is 0 Å². The number of benzene rings is 3. The van der Waals surface area contributed by atoms with Crippen LogP contribution < -0.4 is 0 Å². The number of hydrogen-bond donors (Lipinski definition) is 0. The van der Waals surface area contributed by atoms with Gasteiger partial charge in [0.15, 0.2) is 0 Å². The Morgan fingerprint density at radius 2 is 0.926 bits per heavy atom. The summed E-state index contributed by atoms with van der Waals surface area (Å²) in [6.07, 6.45) is 1.04. The summed E-state index contributed by atoms with van der Waals surface area (Å²) in [7, 11) is 0. The maximum absolute atomic E-state index is 2.38. The highest BCUT2D eigenvalue weighted by Crippen LogP contribution is 2.28. The quantitative estimate of drug-likeness (QED) is 0.471. The maximum Gasteiger partial charge on any atom is 0.0130 e. The molecule has 0 aliphatic heterocycles. The van der Waals surface area contributed by atoms with Crippen molar-refractivity contribution in [1.82, 2.24) is 4.90 Å². The van der Waals surface area contributed by atoms with Crippen LogP contribution in [0.2, 0.25) is 0 Å². The number of nitrogens with zero attached hydrogens (tertiary/aromatic N) is 1. The lowest BCUT2D eigenvalue weighted by molar-refractivity contribution is 0.321. The molecular weight excluding hydrogens is 326 g/mol. The van der Waals surface area contributed by atoms with Gasteiger partial charge in [0.05, 0.1) is 0 Å². The summed E-state index contributed by atoms with van der Waals surface area (Å²) in [6, 6.07) is 32.2. The highest BCUT2D eigenvalue weighted by molar-refractivity contribution is 5.34. The minimum Gasteiger partial charge on any atom is -0.304 e. The van der Waals surface area contributed by atoms with E-state index in [1.807, 2.05) is 0 Å². The van der Waals surface area contributed by atoms with Gasteiger partial charge in [0.25, 0.3) is 0 Å². The first-order valence-electron chi connectivity index (χ1n) is 10.1. The van der Waals surface area contributed by atoms with Gasteiger partial charge in [0, 0.05) is 5.92 Å². The summed E-state index contributed by atoms with van der Waals surface area (Å²) < 4.78 is 0. The SMILES string of the molecule is CCN(CC)CC.c1ccc(CC(c2ccccc2)c2ccccc2)cc1. The molecule has 3 aromatic rings. The maximum atomic E-state index is 2.38. The molecule has 0 atom stereocenters. The Labute approximate surface area is 165 Å². The summed E-state index contributed by atoms with van der Waals surface area (Å²) in [4.78, 5) is 2.38. The Kier molecular flexibility index (Phi) is 9.37. The van der Waals surface area contributed by atoms with Crippen LogP contribution >= 0.6 is 0 Å². The van der Waals surface area contributed by atoms with Crippen LogP contribution in [0.5, 0.6) is 0 Å². The van der Waals surface area contributed by atoms with Gasteiger partial charge in [0.2, 0.25) is 0 Å². The predicted octanol–water partition coefficient (Wildman–Crippen LogP) is 6.41. The first-order chi connectivity index (χ1) is 13.3. The molecule has 0 heterocycles. The Balaban J connectivity index is 0.000000321. The average Bonchev–Trinajstić information content (AvgIpc) is 2.76. The molecule has 3 rings (SSSR count). The van der Waals surface area contributed by atoms with Crippen LogP contribution in [0.1, 0.15) is 43.4 Å². The van der Waals surface area contributed by atoms with Gasteiger partial charge < -0.3 is 4.90 Å². The third kappa shape index (κ3) is 7.03. The molecule has 0 radical (unpaired) electrons. The summed E-state index contributed by atoms with van der Waals surface area (Å²) in [6.45, 7) is 10.1. The highest BCUT2D eigenvalue weighted by atomic mass is 15.1. The van der Waals surface area contributed by atoms with Gasteiger partial charge in [-0.15, -0.1) is 0 Å². The van der Waals surface area contributed by atoms with Gasteiger partial charge in [-0.3, -0.25) is 0 Å². The molecule has 0 amide bonds. The first-order valence-corrected chi connectivity index (χ1v) is 10.1. The Bertz CT molecular complexity index is 673. The smallest absolute Gasteiger partial charge is 0.0130 e. The van der Waals surface area contributed by atoms with Crippen molar-refractivity contribution >= 4 is 0 Å². The van der Waals surface area contributed by atoms with E-state index >= 15 is 0 Å². The van der Waals surface area contributed by atoms with E-state index in [9.17, 15) is 0 Å². The Hall–Kier alpha value is -2.38. The monoisotopic (exact) mass is 359 g/mol. The van der Waals surface area contributed by atoms with Gasteiger partial charge in [-0.1, -0.05) is 112 Å². The molecule has 0 aromatic heterocycles. The highest BCUT2D eigenvalue weighted by Gasteiger charge is 2.14. The van der Waals surface area contributed by atoms with E-state index in [4.69, 9.17) is 0 Å². The lowest BCUT2D eigenvalue weighted by Gasteiger charge is -2.18. The molecule has 3 aromatic carbocycles. The normalized spacial score (nSPS) is 10.6. The number of rotatable bonds is 7. The molecule has 0 spiro atoms. The van der Waals surface area contributed by atoms with E-state index in [-0.39, 0.29) is 0 Å². The van der Waals surface area contributed by atoms with Crippen molar-refractivity contribution < 1.29 is 0 Å². The third-order valence-corrected chi connectivity index (χ3v) is 5.03. The molecule has 0 aliphatic carbocycles. The van der Waals surface area contributed by atoms with Crippen LogP contribution in [0.3, 0.4) is 0 Å². The molecule has 0 saturated carbocycles. The van der Waals surface area contributed by atoms with E-state index in [0.717, 1.165) is 6.42 Å². The lowest BCUT2D eigenvalue weighted by atomic mass is 9.86. The van der Waals surface area contributed by atoms with Crippen molar-refractivity contribution in [3.63, 3.8) is 0 Å². The van der Waals surface area contributed by atoms with Crippen molar-refractivity contribution in [2.75, 3.05) is 19.6 Å². The number of hydrogen-bond acceptors (Lipinski definition) is 1. The fourth-order valence-corrected chi connectivity index (χ4v) is 3.32. The molecule has 0 N–H and O–H groups in total. The molecule has 1 nitrogen and oxygen atoms in total. The van der Waals surface area contributed by atoms with Crippen molar-refractivity contribution in [3.05, 3.63) is 108 Å². The van der Waals surface area contributed by atoms with Crippen LogP contribution in [0.25, 0.3) is 0 Å². The topological polar surface area (TPSA) is 3.24 Å². The van der Waals surface area contributed by atoms with Gasteiger partial charge >= 0.3 is 0 Å². The second-order valence-electron chi connectivity index (χ2n) is 6.68. The van der Waals surface area contributed by atoms with E-state index in [1.54, 1.807) is 0 Å². The Morgan fingerprint density at radius 3 is 1.26 bits per heavy atom. The molecule has 0 fully saturated rings. The standard InChI is InChI=1S/C20H18.C6H15N/c1-4-10-17(11-5-1)16-20(18-12-6-2-7-13-18)19-14-8-3-9-15-19;1-4-7(5-2)6-3/h1-15,20H,16H2;4-6H2,1-3H3. The molecule has 1 heteroatoms. The second-order valence-corrected chi connectivity index (χ2v) is 6.68. The van der Waals surface area contributed by atoms with Crippen molar-refractivity contribution in [3.8, 4) is 0 Å². The van der Waals surface area contributed by atoms with Crippen LogP contribution in [-0.4, -0.2) is 24.5 Å². The first kappa shape index (κ1) is 20.9. The van der Waals surface area contributed by atoms with Crippen molar-refractivity contribution in [1.29, 1.82) is 0 Å². The largest absolute Gasteiger partial charge is 0.304 e. The third-order valence-electron chi connectivity index (χ3n) is 5.03. The van der Waals surface area contributed by atoms with Crippen LogP contribution in [-0.2, 0) is 6.42 Å². The van der Waals surface area contributed by atoms with E-state index in [2.05, 4.69) is 117 Å². The lowest BCUT2D eigenvalue weighted by Crippen LogP contribution is -2.21. The van der Waals surface area contributed by atoms with Gasteiger partial charge in [-0.05, 0) is 42.7 Å². The molecule has 0 bridgehead atoms. The zero-order valence-electron chi connectivity index (χ0n) is 17.0. The minimum absolute atomic E-state index is 0.416. The molecule has 0 saturated heterocycles. The zero-order valence-corrected chi connectivity index (χ0v) is 17.0. The Morgan fingerprint density at radius 1 is 0.556 bits per heavy atom. The summed E-state index contributed by atoms with van der Waals surface area (Å²) in [5, 5.41) is 0. The average molecular weight is 360 g/mol. The van der Waals surface area contributed by atoms with Crippen molar-refractivity contribution in [2.45, 2.75) is 33.1 Å². The summed E-state index contributed by atoms with van der Waals surface area (Å²) >= 11 is 0. The molecule has 0 unspecified atom stereocenters. The van der Waals surface area contributed by atoms with Crippen molar-refractivity contribution in [2.24, 2.45) is 0 Å². The minimum atomic E-state index is 0.416. The van der Waals surface area contributed by atoms with Crippen LogP contribution in [0.4, 0.5) is 0 Å². The summed E-state index contributed by atoms with van der Waals surface area (Å²) in [5.41, 5.74) is 4.13. The van der Waals surface area contributed by atoms with Gasteiger partial charge in [-0.2, -0.15) is 0 Å². The molecule has 142 valence electrons. The van der Waals surface area contributed by atoms with Crippen LogP contribution in [0.15, 0.2) is 91.0 Å². The molecule has 0 aliphatic rings. The zero-order chi connectivity index (χ0) is 19.3. The summed E-state index contributed by atoms with van der Waals surface area (Å²) in [5.74, 6) is 0.416. The van der Waals surface area contributed by atoms with E-state index < -0.39 is 0 Å². The fraction of sp³-hybridized carbons (Fsp3) is 0.308. The van der Waals surface area contributed by atoms with Gasteiger partial charge in [0.1, 0.15) is 0 Å². The molecule has 27 heavy (non-hydrogen) atoms.